The third-order valence-corrected chi connectivity index (χ3v) is 3.53. The summed E-state index contributed by atoms with van der Waals surface area (Å²) in [6, 6.07) is 0. The van der Waals surface area contributed by atoms with Crippen LogP contribution in [0.4, 0.5) is 0 Å². The van der Waals surface area contributed by atoms with Gasteiger partial charge in [0.15, 0.2) is 0 Å². The number of amides is 1. The predicted molar refractivity (Wildman–Crippen MR) is 75.3 cm³/mol. The Kier molecular flexibility index (Phi) is 6.21. The van der Waals surface area contributed by atoms with Gasteiger partial charge in [0.2, 0.25) is 0 Å². The molecule has 1 heterocycles. The monoisotopic (exact) mass is 281 g/mol. The van der Waals surface area contributed by atoms with Crippen LogP contribution in [0.25, 0.3) is 0 Å². The minimum absolute atomic E-state index is 0.0313. The molecule has 0 saturated heterocycles. The van der Waals surface area contributed by atoms with Gasteiger partial charge in [0.25, 0.3) is 5.91 Å². The molecule has 0 spiro atoms. The molecule has 20 heavy (non-hydrogen) atoms. The standard InChI is InChI=1S/C14H23N3O3/c1-5-11(6-2)8-17(9-13(18)20-4)14(19)12-7-15-16-10(12)3/h7,11H,5-6,8-9H2,1-4H3,(H,15,16). The predicted octanol–water partition coefficient (Wildman–Crippen LogP) is 1.77. The van der Waals surface area contributed by atoms with Crippen molar-refractivity contribution in [2.24, 2.45) is 5.92 Å². The summed E-state index contributed by atoms with van der Waals surface area (Å²) in [7, 11) is 1.32. The van der Waals surface area contributed by atoms with Crippen molar-refractivity contribution in [3.05, 3.63) is 17.5 Å². The van der Waals surface area contributed by atoms with Crippen molar-refractivity contribution in [3.8, 4) is 0 Å². The zero-order valence-electron chi connectivity index (χ0n) is 12.6. The molecule has 0 aromatic carbocycles. The molecule has 0 bridgehead atoms. The number of rotatable bonds is 7. The highest BCUT2D eigenvalue weighted by Crippen LogP contribution is 2.14. The number of hydrogen-bond donors (Lipinski definition) is 1. The lowest BCUT2D eigenvalue weighted by atomic mass is 10.0. The Labute approximate surface area is 119 Å². The highest BCUT2D eigenvalue weighted by molar-refractivity contribution is 5.96. The quantitative estimate of drug-likeness (QED) is 0.773. The van der Waals surface area contributed by atoms with Crippen LogP contribution in [-0.4, -0.2) is 47.2 Å². The SMILES string of the molecule is CCC(CC)CN(CC(=O)OC)C(=O)c1cn[nH]c1C. The van der Waals surface area contributed by atoms with Crippen LogP contribution in [0.15, 0.2) is 6.20 Å². The highest BCUT2D eigenvalue weighted by Gasteiger charge is 2.23. The average molecular weight is 281 g/mol. The summed E-state index contributed by atoms with van der Waals surface area (Å²) in [5.74, 6) is -0.227. The number of nitrogens with one attached hydrogen (secondary N) is 1. The second kappa shape index (κ2) is 7.67. The van der Waals surface area contributed by atoms with Gasteiger partial charge in [0.1, 0.15) is 6.54 Å². The van der Waals surface area contributed by atoms with Crippen molar-refractivity contribution in [3.63, 3.8) is 0 Å². The van der Waals surface area contributed by atoms with Crippen LogP contribution in [-0.2, 0) is 9.53 Å². The van der Waals surface area contributed by atoms with E-state index >= 15 is 0 Å². The van der Waals surface area contributed by atoms with E-state index in [4.69, 9.17) is 0 Å². The second-order valence-corrected chi connectivity index (χ2v) is 4.85. The largest absolute Gasteiger partial charge is 0.468 e. The number of aryl methyl sites for hydroxylation is 1. The number of esters is 1. The maximum absolute atomic E-state index is 12.5. The number of hydrogen-bond acceptors (Lipinski definition) is 4. The van der Waals surface area contributed by atoms with Gasteiger partial charge in [-0.05, 0) is 12.8 Å². The van der Waals surface area contributed by atoms with Crippen LogP contribution in [0.3, 0.4) is 0 Å². The normalized spacial score (nSPS) is 10.7. The lowest BCUT2D eigenvalue weighted by Gasteiger charge is -2.25. The molecule has 0 unspecified atom stereocenters. The van der Waals surface area contributed by atoms with Crippen molar-refractivity contribution >= 4 is 11.9 Å². The summed E-state index contributed by atoms with van der Waals surface area (Å²) in [6.45, 7) is 6.46. The average Bonchev–Trinajstić information content (AvgIpc) is 2.88. The Balaban J connectivity index is 2.89. The molecule has 1 rings (SSSR count). The van der Waals surface area contributed by atoms with E-state index in [1.807, 2.05) is 0 Å². The van der Waals surface area contributed by atoms with Gasteiger partial charge in [0.05, 0.1) is 18.9 Å². The summed E-state index contributed by atoms with van der Waals surface area (Å²) < 4.78 is 4.67. The van der Waals surface area contributed by atoms with E-state index < -0.39 is 5.97 Å². The van der Waals surface area contributed by atoms with Crippen LogP contribution in [0.5, 0.6) is 0 Å². The molecule has 0 radical (unpaired) electrons. The van der Waals surface area contributed by atoms with Crippen molar-refractivity contribution in [2.75, 3.05) is 20.2 Å². The Morgan fingerprint density at radius 1 is 1.40 bits per heavy atom. The van der Waals surface area contributed by atoms with Gasteiger partial charge in [-0.2, -0.15) is 5.10 Å². The van der Waals surface area contributed by atoms with Gasteiger partial charge in [-0.1, -0.05) is 26.7 Å². The van der Waals surface area contributed by atoms with Crippen LogP contribution in [0.1, 0.15) is 42.7 Å². The minimum Gasteiger partial charge on any atom is -0.468 e. The van der Waals surface area contributed by atoms with Gasteiger partial charge >= 0.3 is 5.97 Å². The zero-order chi connectivity index (χ0) is 15.1. The van der Waals surface area contributed by atoms with Crippen LogP contribution < -0.4 is 0 Å². The molecule has 0 aliphatic carbocycles. The summed E-state index contributed by atoms with van der Waals surface area (Å²) in [5.41, 5.74) is 1.20. The van der Waals surface area contributed by atoms with Crippen molar-refractivity contribution in [2.45, 2.75) is 33.6 Å². The van der Waals surface area contributed by atoms with E-state index in [1.54, 1.807) is 11.8 Å². The number of carbonyl (C=O) groups is 2. The summed E-state index contributed by atoms with van der Waals surface area (Å²) in [6.07, 6.45) is 3.42. The third kappa shape index (κ3) is 4.08. The Bertz CT molecular complexity index is 452. The molecule has 0 atom stereocenters. The number of aromatic nitrogens is 2. The molecule has 0 aliphatic rings. The fourth-order valence-corrected chi connectivity index (χ4v) is 2.03. The third-order valence-electron chi connectivity index (χ3n) is 3.53. The van der Waals surface area contributed by atoms with Gasteiger partial charge in [0, 0.05) is 12.2 Å². The number of aromatic amines is 1. The number of H-pyrrole nitrogens is 1. The van der Waals surface area contributed by atoms with Crippen LogP contribution in [0.2, 0.25) is 0 Å². The molecule has 1 amide bonds. The molecule has 1 aromatic heterocycles. The van der Waals surface area contributed by atoms with Gasteiger partial charge in [-0.3, -0.25) is 14.7 Å². The van der Waals surface area contributed by atoms with E-state index in [0.717, 1.165) is 12.8 Å². The zero-order valence-corrected chi connectivity index (χ0v) is 12.6. The fourth-order valence-electron chi connectivity index (χ4n) is 2.03. The molecular weight excluding hydrogens is 258 g/mol. The molecule has 0 aliphatic heterocycles. The Hall–Kier alpha value is -1.85. The maximum atomic E-state index is 12.5. The molecule has 6 heteroatoms. The molecule has 6 nitrogen and oxygen atoms in total. The van der Waals surface area contributed by atoms with Crippen molar-refractivity contribution in [1.29, 1.82) is 0 Å². The number of methoxy groups -OCH3 is 1. The van der Waals surface area contributed by atoms with Gasteiger partial charge in [-0.25, -0.2) is 0 Å². The first-order valence-corrected chi connectivity index (χ1v) is 6.89. The number of ether oxygens (including phenoxy) is 1. The topological polar surface area (TPSA) is 75.3 Å². The smallest absolute Gasteiger partial charge is 0.325 e. The Morgan fingerprint density at radius 3 is 2.50 bits per heavy atom. The lowest BCUT2D eigenvalue weighted by molar-refractivity contribution is -0.141. The summed E-state index contributed by atoms with van der Waals surface area (Å²) in [5, 5.41) is 6.59. The number of nitrogens with zero attached hydrogens (tertiary/aromatic N) is 2. The maximum Gasteiger partial charge on any atom is 0.325 e. The highest BCUT2D eigenvalue weighted by atomic mass is 16.5. The molecular formula is C14H23N3O3. The lowest BCUT2D eigenvalue weighted by Crippen LogP contribution is -2.39. The molecule has 1 N–H and O–H groups in total. The van der Waals surface area contributed by atoms with Gasteiger partial charge < -0.3 is 9.64 Å². The second-order valence-electron chi connectivity index (χ2n) is 4.85. The molecule has 1 aromatic rings. The molecule has 112 valence electrons. The van der Waals surface area contributed by atoms with Gasteiger partial charge in [-0.15, -0.1) is 0 Å². The van der Waals surface area contributed by atoms with Crippen LogP contribution in [0, 0.1) is 12.8 Å². The van der Waals surface area contributed by atoms with E-state index in [2.05, 4.69) is 28.8 Å². The van der Waals surface area contributed by atoms with E-state index in [1.165, 1.54) is 13.3 Å². The molecule has 0 fully saturated rings. The Morgan fingerprint density at radius 2 is 2.05 bits per heavy atom. The first-order chi connectivity index (χ1) is 9.53. The number of carbonyl (C=O) groups excluding carboxylic acids is 2. The van der Waals surface area contributed by atoms with E-state index in [-0.39, 0.29) is 12.5 Å². The van der Waals surface area contributed by atoms with Crippen molar-refractivity contribution < 1.29 is 14.3 Å². The molecule has 0 saturated carbocycles. The first kappa shape index (κ1) is 16.2. The van der Waals surface area contributed by atoms with Crippen LogP contribution >= 0.6 is 0 Å². The first-order valence-electron chi connectivity index (χ1n) is 6.89. The minimum atomic E-state index is -0.412. The van der Waals surface area contributed by atoms with E-state index in [9.17, 15) is 9.59 Å². The van der Waals surface area contributed by atoms with E-state index in [0.29, 0.717) is 23.7 Å². The summed E-state index contributed by atoms with van der Waals surface area (Å²) >= 11 is 0. The van der Waals surface area contributed by atoms with Crippen molar-refractivity contribution in [1.82, 2.24) is 15.1 Å². The summed E-state index contributed by atoms with van der Waals surface area (Å²) in [4.78, 5) is 25.5. The fraction of sp³-hybridized carbons (Fsp3) is 0.643.